The zero-order valence-electron chi connectivity index (χ0n) is 16.3. The maximum atomic E-state index is 12.1. The van der Waals surface area contributed by atoms with Crippen LogP contribution >= 0.6 is 0 Å². The Morgan fingerprint density at radius 1 is 1.40 bits per heavy atom. The molecule has 25 heavy (non-hydrogen) atoms. The highest BCUT2D eigenvalue weighted by atomic mass is 16.6. The zero-order chi connectivity index (χ0) is 18.6. The van der Waals surface area contributed by atoms with Gasteiger partial charge in [-0.25, -0.2) is 4.79 Å². The molecule has 0 saturated carbocycles. The van der Waals surface area contributed by atoms with Crippen molar-refractivity contribution in [1.82, 2.24) is 14.7 Å². The second-order valence-corrected chi connectivity index (χ2v) is 8.11. The van der Waals surface area contributed by atoms with E-state index in [-0.39, 0.29) is 6.09 Å². The highest BCUT2D eigenvalue weighted by Gasteiger charge is 2.27. The first-order valence-electron chi connectivity index (χ1n) is 9.39. The highest BCUT2D eigenvalue weighted by molar-refractivity contribution is 5.68. The number of amides is 1. The van der Waals surface area contributed by atoms with Gasteiger partial charge in [0, 0.05) is 31.4 Å². The van der Waals surface area contributed by atoms with Crippen LogP contribution in [0, 0.1) is 12.8 Å². The van der Waals surface area contributed by atoms with E-state index in [0.29, 0.717) is 5.92 Å². The quantitative estimate of drug-likeness (QED) is 0.879. The van der Waals surface area contributed by atoms with E-state index in [2.05, 4.69) is 12.0 Å². The van der Waals surface area contributed by atoms with Gasteiger partial charge in [-0.15, -0.1) is 0 Å². The molecule has 1 fully saturated rings. The molecule has 1 N–H and O–H groups in total. The van der Waals surface area contributed by atoms with Gasteiger partial charge in [0.2, 0.25) is 0 Å². The number of ether oxygens (including phenoxy) is 1. The molecule has 0 radical (unpaired) electrons. The lowest BCUT2D eigenvalue weighted by Gasteiger charge is -2.33. The van der Waals surface area contributed by atoms with Gasteiger partial charge in [0.25, 0.3) is 0 Å². The molecule has 0 spiro atoms. The van der Waals surface area contributed by atoms with Crippen LogP contribution in [0.15, 0.2) is 6.20 Å². The van der Waals surface area contributed by atoms with Gasteiger partial charge in [-0.3, -0.25) is 4.68 Å². The Morgan fingerprint density at radius 3 is 2.60 bits per heavy atom. The third-order valence-corrected chi connectivity index (χ3v) is 4.62. The summed E-state index contributed by atoms with van der Waals surface area (Å²) in [6.07, 6.45) is 4.96. The van der Waals surface area contributed by atoms with E-state index in [1.54, 1.807) is 4.90 Å². The van der Waals surface area contributed by atoms with E-state index in [4.69, 9.17) is 4.74 Å². The fourth-order valence-electron chi connectivity index (χ4n) is 3.27. The minimum atomic E-state index is -0.448. The summed E-state index contributed by atoms with van der Waals surface area (Å²) in [4.78, 5) is 13.9. The van der Waals surface area contributed by atoms with Gasteiger partial charge in [0.1, 0.15) is 5.60 Å². The third kappa shape index (κ3) is 5.73. The van der Waals surface area contributed by atoms with Crippen molar-refractivity contribution in [2.75, 3.05) is 13.1 Å². The van der Waals surface area contributed by atoms with Crippen molar-refractivity contribution in [2.24, 2.45) is 5.92 Å². The first-order valence-corrected chi connectivity index (χ1v) is 9.39. The predicted octanol–water partition coefficient (Wildman–Crippen LogP) is 3.67. The van der Waals surface area contributed by atoms with E-state index < -0.39 is 11.7 Å². The molecule has 1 aliphatic rings. The number of rotatable bonds is 5. The second kappa shape index (κ2) is 8.21. The Balaban J connectivity index is 1.86. The molecule has 1 saturated heterocycles. The number of aliphatic hydroxyl groups is 1. The Kier molecular flexibility index (Phi) is 6.49. The highest BCUT2D eigenvalue weighted by Crippen LogP contribution is 2.24. The molecule has 0 aliphatic carbocycles. The van der Waals surface area contributed by atoms with E-state index in [0.717, 1.165) is 56.6 Å². The molecule has 1 aliphatic heterocycles. The monoisotopic (exact) mass is 351 g/mol. The SMILES string of the molecule is CCCC(O)c1cn(CC2CCN(C(=O)OC(C)(C)C)CC2)nc1C. The number of aliphatic hydroxyl groups excluding tert-OH is 1. The smallest absolute Gasteiger partial charge is 0.410 e. The Bertz CT molecular complexity index is 569. The average Bonchev–Trinajstić information content (AvgIpc) is 2.87. The standard InChI is InChI=1S/C19H33N3O3/c1-6-7-17(23)16-13-22(20-14(16)2)12-15-8-10-21(11-9-15)18(24)25-19(3,4)5/h13,15,17,23H,6-12H2,1-5H3. The van der Waals surface area contributed by atoms with Crippen molar-refractivity contribution >= 4 is 6.09 Å². The lowest BCUT2D eigenvalue weighted by Crippen LogP contribution is -2.42. The fraction of sp³-hybridized carbons (Fsp3) is 0.789. The van der Waals surface area contributed by atoms with Crippen LogP contribution in [0.3, 0.4) is 0 Å². The summed E-state index contributed by atoms with van der Waals surface area (Å²) in [5.41, 5.74) is 1.40. The molecular formula is C19H33N3O3. The molecule has 1 atom stereocenters. The van der Waals surface area contributed by atoms with E-state index in [9.17, 15) is 9.90 Å². The number of aryl methyl sites for hydroxylation is 1. The van der Waals surface area contributed by atoms with Gasteiger partial charge >= 0.3 is 6.09 Å². The number of carbonyl (C=O) groups is 1. The summed E-state index contributed by atoms with van der Waals surface area (Å²) in [6, 6.07) is 0. The van der Waals surface area contributed by atoms with Crippen LogP contribution in [0.5, 0.6) is 0 Å². The molecule has 1 aromatic rings. The molecule has 2 rings (SSSR count). The second-order valence-electron chi connectivity index (χ2n) is 8.11. The van der Waals surface area contributed by atoms with E-state index in [1.165, 1.54) is 0 Å². The summed E-state index contributed by atoms with van der Waals surface area (Å²) in [5.74, 6) is 0.495. The number of piperidine rings is 1. The largest absolute Gasteiger partial charge is 0.444 e. The van der Waals surface area contributed by atoms with E-state index in [1.807, 2.05) is 38.6 Å². The third-order valence-electron chi connectivity index (χ3n) is 4.62. The van der Waals surface area contributed by atoms with Crippen LogP contribution in [0.4, 0.5) is 4.79 Å². The van der Waals surface area contributed by atoms with Gasteiger partial charge in [-0.2, -0.15) is 5.10 Å². The molecule has 142 valence electrons. The summed E-state index contributed by atoms with van der Waals surface area (Å²) in [6.45, 7) is 12.0. The molecular weight excluding hydrogens is 318 g/mol. The normalized spacial score (nSPS) is 17.6. The minimum Gasteiger partial charge on any atom is -0.444 e. The van der Waals surface area contributed by atoms with Crippen LogP contribution in [-0.4, -0.2) is 44.6 Å². The van der Waals surface area contributed by atoms with Crippen molar-refractivity contribution < 1.29 is 14.6 Å². The van der Waals surface area contributed by atoms with Crippen LogP contribution in [0.25, 0.3) is 0 Å². The Labute approximate surface area is 151 Å². The van der Waals surface area contributed by atoms with Crippen molar-refractivity contribution in [2.45, 2.75) is 78.6 Å². The Hall–Kier alpha value is -1.56. The summed E-state index contributed by atoms with van der Waals surface area (Å²) >= 11 is 0. The minimum absolute atomic E-state index is 0.217. The first kappa shape index (κ1) is 19.8. The van der Waals surface area contributed by atoms with Gasteiger partial charge in [-0.1, -0.05) is 13.3 Å². The van der Waals surface area contributed by atoms with Crippen molar-refractivity contribution in [1.29, 1.82) is 0 Å². The van der Waals surface area contributed by atoms with E-state index >= 15 is 0 Å². The number of hydrogen-bond donors (Lipinski definition) is 1. The van der Waals surface area contributed by atoms with Gasteiger partial charge in [0.05, 0.1) is 11.8 Å². The lowest BCUT2D eigenvalue weighted by atomic mass is 9.97. The molecule has 2 heterocycles. The maximum absolute atomic E-state index is 12.1. The zero-order valence-corrected chi connectivity index (χ0v) is 16.3. The number of carbonyl (C=O) groups excluding carboxylic acids is 1. The fourth-order valence-corrected chi connectivity index (χ4v) is 3.27. The lowest BCUT2D eigenvalue weighted by molar-refractivity contribution is 0.0177. The molecule has 1 unspecified atom stereocenters. The predicted molar refractivity (Wildman–Crippen MR) is 97.4 cm³/mol. The summed E-state index contributed by atoms with van der Waals surface area (Å²) < 4.78 is 7.40. The van der Waals surface area contributed by atoms with Gasteiger partial charge in [-0.05, 0) is 52.9 Å². The molecule has 6 heteroatoms. The van der Waals surface area contributed by atoms with Crippen molar-refractivity contribution in [3.05, 3.63) is 17.5 Å². The Morgan fingerprint density at radius 2 is 2.04 bits per heavy atom. The molecule has 0 aromatic carbocycles. The van der Waals surface area contributed by atoms with Crippen LogP contribution in [0.2, 0.25) is 0 Å². The van der Waals surface area contributed by atoms with Crippen molar-refractivity contribution in [3.63, 3.8) is 0 Å². The number of hydrogen-bond acceptors (Lipinski definition) is 4. The maximum Gasteiger partial charge on any atom is 0.410 e. The van der Waals surface area contributed by atoms with Crippen LogP contribution < -0.4 is 0 Å². The number of aromatic nitrogens is 2. The summed E-state index contributed by atoms with van der Waals surface area (Å²) in [7, 11) is 0. The number of nitrogens with zero attached hydrogens (tertiary/aromatic N) is 3. The molecule has 6 nitrogen and oxygen atoms in total. The topological polar surface area (TPSA) is 67.6 Å². The first-order chi connectivity index (χ1) is 11.7. The van der Waals surface area contributed by atoms with Crippen molar-refractivity contribution in [3.8, 4) is 0 Å². The number of likely N-dealkylation sites (tertiary alicyclic amines) is 1. The van der Waals surface area contributed by atoms with Gasteiger partial charge in [0.15, 0.2) is 0 Å². The molecule has 0 bridgehead atoms. The van der Waals surface area contributed by atoms with Gasteiger partial charge < -0.3 is 14.7 Å². The molecule has 1 amide bonds. The summed E-state index contributed by atoms with van der Waals surface area (Å²) in [5, 5.41) is 14.8. The molecule has 1 aromatic heterocycles. The van der Waals surface area contributed by atoms with Crippen LogP contribution in [0.1, 0.15) is 70.7 Å². The van der Waals surface area contributed by atoms with Crippen LogP contribution in [-0.2, 0) is 11.3 Å². The average molecular weight is 351 g/mol.